The Morgan fingerprint density at radius 2 is 1.53 bits per heavy atom. The van der Waals surface area contributed by atoms with Crippen molar-refractivity contribution in [3.05, 3.63) is 71.5 Å². The van der Waals surface area contributed by atoms with Crippen LogP contribution < -0.4 is 15.8 Å². The van der Waals surface area contributed by atoms with Gasteiger partial charge in [0.05, 0.1) is 11.0 Å². The Hall–Kier alpha value is -4.86. The lowest BCUT2D eigenvalue weighted by atomic mass is 9.98. The van der Waals surface area contributed by atoms with E-state index in [9.17, 15) is 26.3 Å². The smallest absolute Gasteiger partial charge is 0.490 e. The van der Waals surface area contributed by atoms with Gasteiger partial charge in [-0.3, -0.25) is 5.41 Å². The first-order valence-corrected chi connectivity index (χ1v) is 14.2. The number of nitrogens with one attached hydrogen (secondary N) is 2. The molecule has 10 nitrogen and oxygen atoms in total. The molecule has 4 aromatic rings. The Morgan fingerprint density at radius 1 is 0.979 bits per heavy atom. The maximum absolute atomic E-state index is 10.6. The number of aromatic nitrogens is 2. The number of amidine groups is 1. The minimum atomic E-state index is -5.08. The average molecular weight is 670 g/mol. The van der Waals surface area contributed by atoms with Gasteiger partial charge in [0.25, 0.3) is 0 Å². The molecule has 1 aromatic heterocycles. The van der Waals surface area contributed by atoms with Crippen molar-refractivity contribution in [3.63, 3.8) is 0 Å². The van der Waals surface area contributed by atoms with E-state index in [1.165, 1.54) is 5.56 Å². The number of hydrogen-bond acceptors (Lipinski definition) is 6. The van der Waals surface area contributed by atoms with E-state index in [-0.39, 0.29) is 17.9 Å². The molecule has 0 atom stereocenters. The van der Waals surface area contributed by atoms with Gasteiger partial charge in [-0.1, -0.05) is 50.2 Å². The van der Waals surface area contributed by atoms with Gasteiger partial charge >= 0.3 is 24.3 Å². The van der Waals surface area contributed by atoms with Crippen LogP contribution in [-0.2, 0) is 16.1 Å². The second kappa shape index (κ2) is 15.2. The molecule has 1 saturated heterocycles. The summed E-state index contributed by atoms with van der Waals surface area (Å²) in [5.74, 6) is -3.17. The lowest BCUT2D eigenvalue weighted by Gasteiger charge is -2.24. The Balaban J connectivity index is 0.000000360. The Kier molecular flexibility index (Phi) is 11.8. The number of carboxylic acids is 2. The summed E-state index contributed by atoms with van der Waals surface area (Å²) in [5.41, 5.74) is 9.87. The molecule has 1 fully saturated rings. The molecular formula is C31H33F6N5O5. The third-order valence-corrected chi connectivity index (χ3v) is 6.97. The number of carbonyl (C=O) groups is 2. The van der Waals surface area contributed by atoms with Gasteiger partial charge in [-0.2, -0.15) is 26.3 Å². The molecule has 2 heterocycles. The van der Waals surface area contributed by atoms with Crippen molar-refractivity contribution in [2.75, 3.05) is 13.1 Å². The predicted octanol–water partition coefficient (Wildman–Crippen LogP) is 6.04. The van der Waals surface area contributed by atoms with E-state index < -0.39 is 24.3 Å². The lowest BCUT2D eigenvalue weighted by Crippen LogP contribution is -2.34. The van der Waals surface area contributed by atoms with Gasteiger partial charge in [0.15, 0.2) is 0 Å². The normalized spacial score (nSPS) is 13.8. The van der Waals surface area contributed by atoms with Crippen LogP contribution >= 0.6 is 0 Å². The number of halogens is 6. The molecule has 6 N–H and O–H groups in total. The third-order valence-electron chi connectivity index (χ3n) is 6.97. The van der Waals surface area contributed by atoms with Crippen molar-refractivity contribution >= 4 is 39.6 Å². The largest absolute Gasteiger partial charge is 0.490 e. The number of fused-ring (bicyclic) bond motifs is 2. The fraction of sp³-hybridized carbons (Fsp3) is 0.355. The van der Waals surface area contributed by atoms with Crippen molar-refractivity contribution in [3.8, 4) is 5.75 Å². The number of rotatable bonds is 6. The van der Waals surface area contributed by atoms with Gasteiger partial charge in [-0.15, -0.1) is 0 Å². The van der Waals surface area contributed by atoms with Crippen LogP contribution in [0.1, 0.15) is 49.6 Å². The zero-order chi connectivity index (χ0) is 35.1. The molecule has 1 aliphatic heterocycles. The summed E-state index contributed by atoms with van der Waals surface area (Å²) in [6.45, 7) is 7.07. The number of piperidine rings is 1. The minimum Gasteiger partial charge on any atom is -0.490 e. The first-order valence-electron chi connectivity index (χ1n) is 14.2. The van der Waals surface area contributed by atoms with E-state index in [2.05, 4.69) is 48.0 Å². The second-order valence-corrected chi connectivity index (χ2v) is 10.8. The highest BCUT2D eigenvalue weighted by Gasteiger charge is 2.38. The Labute approximate surface area is 264 Å². The summed E-state index contributed by atoms with van der Waals surface area (Å²) in [7, 11) is 0. The number of hydrogen-bond donors (Lipinski definition) is 5. The average Bonchev–Trinajstić information content (AvgIpc) is 3.35. The molecule has 0 unspecified atom stereocenters. The number of benzene rings is 3. The molecule has 0 radical (unpaired) electrons. The van der Waals surface area contributed by atoms with Crippen LogP contribution in [0.4, 0.5) is 26.3 Å². The van der Waals surface area contributed by atoms with Gasteiger partial charge in [0.1, 0.15) is 23.5 Å². The van der Waals surface area contributed by atoms with E-state index in [0.717, 1.165) is 64.9 Å². The molecule has 0 bridgehead atoms. The number of nitrogen functional groups attached to an aromatic ring is 1. The number of imidazole rings is 1. The summed E-state index contributed by atoms with van der Waals surface area (Å²) in [4.78, 5) is 22.8. The highest BCUT2D eigenvalue weighted by molar-refractivity contribution is 6.08. The van der Waals surface area contributed by atoms with Crippen LogP contribution in [0, 0.1) is 5.41 Å². The van der Waals surface area contributed by atoms with E-state index in [1.807, 2.05) is 30.3 Å². The van der Waals surface area contributed by atoms with Crippen molar-refractivity contribution < 1.29 is 50.9 Å². The highest BCUT2D eigenvalue weighted by Crippen LogP contribution is 2.30. The Bertz CT molecular complexity index is 1710. The van der Waals surface area contributed by atoms with Gasteiger partial charge in [0, 0.05) is 24.1 Å². The van der Waals surface area contributed by atoms with Crippen molar-refractivity contribution in [2.45, 2.75) is 57.6 Å². The van der Waals surface area contributed by atoms with Gasteiger partial charge < -0.3 is 30.6 Å². The molecule has 5 rings (SSSR count). The molecule has 0 spiro atoms. The van der Waals surface area contributed by atoms with Gasteiger partial charge in [-0.05, 0) is 54.4 Å². The summed E-state index contributed by atoms with van der Waals surface area (Å²) < 4.78 is 72.1. The van der Waals surface area contributed by atoms with Crippen LogP contribution in [0.25, 0.3) is 21.8 Å². The minimum absolute atomic E-state index is 0.0911. The fourth-order valence-corrected chi connectivity index (χ4v) is 4.81. The SMILES string of the molecule is CC(C)c1nc2ccc(OC3CCNCC3)cc2n1Cc1ccc(C(=N)N)c2ccccc12.O=C(O)C(F)(F)F.O=C(O)C(F)(F)F. The first-order chi connectivity index (χ1) is 21.9. The fourth-order valence-electron chi connectivity index (χ4n) is 4.81. The van der Waals surface area contributed by atoms with Crippen LogP contribution in [0.2, 0.25) is 0 Å². The van der Waals surface area contributed by atoms with E-state index in [4.69, 9.17) is 40.7 Å². The molecule has 0 saturated carbocycles. The molecule has 1 aliphatic rings. The Morgan fingerprint density at radius 3 is 2.04 bits per heavy atom. The topological polar surface area (TPSA) is 164 Å². The molecular weight excluding hydrogens is 636 g/mol. The predicted molar refractivity (Wildman–Crippen MR) is 162 cm³/mol. The number of carboxylic acid groups (broad SMARTS) is 2. The third kappa shape index (κ3) is 9.81. The number of nitrogens with two attached hydrogens (primary N) is 1. The van der Waals surface area contributed by atoms with Crippen LogP contribution in [0.15, 0.2) is 54.6 Å². The number of alkyl halides is 6. The van der Waals surface area contributed by atoms with E-state index in [1.54, 1.807) is 0 Å². The molecule has 254 valence electrons. The van der Waals surface area contributed by atoms with Crippen LogP contribution in [0.5, 0.6) is 5.75 Å². The first kappa shape index (κ1) is 36.6. The highest BCUT2D eigenvalue weighted by atomic mass is 19.4. The zero-order valence-electron chi connectivity index (χ0n) is 25.2. The van der Waals surface area contributed by atoms with E-state index >= 15 is 0 Å². The number of ether oxygens (including phenoxy) is 1. The molecule has 0 amide bonds. The zero-order valence-corrected chi connectivity index (χ0v) is 25.2. The monoisotopic (exact) mass is 669 g/mol. The lowest BCUT2D eigenvalue weighted by molar-refractivity contribution is -0.193. The summed E-state index contributed by atoms with van der Waals surface area (Å²) >= 11 is 0. The molecule has 0 aliphatic carbocycles. The number of aliphatic carboxylic acids is 2. The quantitative estimate of drug-likeness (QED) is 0.0942. The van der Waals surface area contributed by atoms with Gasteiger partial charge in [0.2, 0.25) is 0 Å². The standard InChI is InChI=1S/C27H31N5O.2C2HF3O2/c1-17(2)27-31-24-10-8-20(33-19-11-13-30-14-12-19)15-25(24)32(27)16-18-7-9-23(26(28)29)22-6-4-3-5-21(18)22;2*3-2(4,5)1(6)7/h3-10,15,17,19,30H,11-14,16H2,1-2H3,(H3,28,29);2*(H,6,7). The van der Waals surface area contributed by atoms with E-state index in [0.29, 0.717) is 6.54 Å². The van der Waals surface area contributed by atoms with Crippen molar-refractivity contribution in [1.82, 2.24) is 14.9 Å². The second-order valence-electron chi connectivity index (χ2n) is 10.8. The van der Waals surface area contributed by atoms with Crippen LogP contribution in [0.3, 0.4) is 0 Å². The summed E-state index contributed by atoms with van der Waals surface area (Å²) in [5, 5.41) is 27.7. The summed E-state index contributed by atoms with van der Waals surface area (Å²) in [6.07, 6.45) is -7.85. The maximum atomic E-state index is 10.6. The molecule has 47 heavy (non-hydrogen) atoms. The van der Waals surface area contributed by atoms with Gasteiger partial charge in [-0.25, -0.2) is 14.6 Å². The van der Waals surface area contributed by atoms with Crippen molar-refractivity contribution in [1.29, 1.82) is 5.41 Å². The molecule has 3 aromatic carbocycles. The maximum Gasteiger partial charge on any atom is 0.490 e. The number of nitrogens with zero attached hydrogens (tertiary/aromatic N) is 2. The van der Waals surface area contributed by atoms with Crippen LogP contribution in [-0.4, -0.2) is 69.1 Å². The molecule has 16 heteroatoms. The van der Waals surface area contributed by atoms with Crippen molar-refractivity contribution in [2.24, 2.45) is 5.73 Å². The summed E-state index contributed by atoms with van der Waals surface area (Å²) in [6, 6.07) is 18.5.